The number of nitrogens with two attached hydrogens (primary N) is 1. The summed E-state index contributed by atoms with van der Waals surface area (Å²) in [5.41, 5.74) is 5.55. The topological polar surface area (TPSA) is 58.4 Å². The lowest BCUT2D eigenvalue weighted by molar-refractivity contribution is -0.119. The number of benzene rings is 1. The first kappa shape index (κ1) is 13.2. The Morgan fingerprint density at radius 1 is 1.47 bits per heavy atom. The number of hydrogen-bond donors (Lipinski definition) is 2. The highest BCUT2D eigenvalue weighted by Gasteiger charge is 2.17. The summed E-state index contributed by atoms with van der Waals surface area (Å²) in [4.78, 5) is 12.6. The van der Waals surface area contributed by atoms with Crippen LogP contribution in [0.5, 0.6) is 0 Å². The number of amides is 1. The van der Waals surface area contributed by atoms with Crippen LogP contribution in [0.2, 0.25) is 0 Å². The SMILES string of the molecule is CCNC(=O)CN(C)c1c(N)ccc(F)c1F. The van der Waals surface area contributed by atoms with Crippen molar-refractivity contribution in [2.24, 2.45) is 0 Å². The fraction of sp³-hybridized carbons (Fsp3) is 0.364. The first-order chi connectivity index (χ1) is 7.97. The molecule has 0 spiro atoms. The van der Waals surface area contributed by atoms with Gasteiger partial charge in [0.2, 0.25) is 5.91 Å². The fourth-order valence-electron chi connectivity index (χ4n) is 1.49. The van der Waals surface area contributed by atoms with Gasteiger partial charge in [0, 0.05) is 13.6 Å². The molecule has 3 N–H and O–H groups in total. The van der Waals surface area contributed by atoms with Gasteiger partial charge in [-0.1, -0.05) is 0 Å². The molecule has 4 nitrogen and oxygen atoms in total. The normalized spacial score (nSPS) is 10.1. The van der Waals surface area contributed by atoms with Gasteiger partial charge < -0.3 is 16.0 Å². The van der Waals surface area contributed by atoms with Gasteiger partial charge in [-0.3, -0.25) is 4.79 Å². The summed E-state index contributed by atoms with van der Waals surface area (Å²) in [6.45, 7) is 2.17. The first-order valence-electron chi connectivity index (χ1n) is 5.18. The second kappa shape index (κ2) is 5.47. The van der Waals surface area contributed by atoms with E-state index in [-0.39, 0.29) is 23.8 Å². The highest BCUT2D eigenvalue weighted by atomic mass is 19.2. The third kappa shape index (κ3) is 3.05. The van der Waals surface area contributed by atoms with Gasteiger partial charge in [-0.15, -0.1) is 0 Å². The number of anilines is 2. The van der Waals surface area contributed by atoms with Crippen molar-refractivity contribution in [3.8, 4) is 0 Å². The number of likely N-dealkylation sites (N-methyl/N-ethyl adjacent to an activating group) is 2. The van der Waals surface area contributed by atoms with E-state index >= 15 is 0 Å². The van der Waals surface area contributed by atoms with Crippen LogP contribution in [0.3, 0.4) is 0 Å². The minimum absolute atomic E-state index is 0.0849. The molecule has 0 aromatic heterocycles. The molecule has 0 bridgehead atoms. The Labute approximate surface area is 98.4 Å². The number of carbonyl (C=O) groups is 1. The minimum atomic E-state index is -1.04. The fourth-order valence-corrected chi connectivity index (χ4v) is 1.49. The van der Waals surface area contributed by atoms with Crippen LogP contribution in [0.15, 0.2) is 12.1 Å². The van der Waals surface area contributed by atoms with Gasteiger partial charge in [0.1, 0.15) is 0 Å². The van der Waals surface area contributed by atoms with Crippen LogP contribution in [-0.4, -0.2) is 26.0 Å². The van der Waals surface area contributed by atoms with Crippen LogP contribution in [0.25, 0.3) is 0 Å². The number of hydrogen-bond acceptors (Lipinski definition) is 3. The maximum atomic E-state index is 13.5. The smallest absolute Gasteiger partial charge is 0.239 e. The molecule has 1 rings (SSSR count). The summed E-state index contributed by atoms with van der Waals surface area (Å²) in [7, 11) is 1.48. The molecule has 6 heteroatoms. The molecule has 0 aliphatic rings. The highest BCUT2D eigenvalue weighted by molar-refractivity contribution is 5.83. The molecular formula is C11H15F2N3O. The van der Waals surface area contributed by atoms with E-state index in [9.17, 15) is 13.6 Å². The van der Waals surface area contributed by atoms with Crippen molar-refractivity contribution in [1.29, 1.82) is 0 Å². The summed E-state index contributed by atoms with van der Waals surface area (Å²) in [5, 5.41) is 2.56. The zero-order chi connectivity index (χ0) is 13.0. The molecule has 0 aliphatic carbocycles. The maximum Gasteiger partial charge on any atom is 0.239 e. The molecule has 0 unspecified atom stereocenters. The van der Waals surface area contributed by atoms with Gasteiger partial charge in [0.25, 0.3) is 0 Å². The molecule has 0 atom stereocenters. The summed E-state index contributed by atoms with van der Waals surface area (Å²) in [6, 6.07) is 2.22. The van der Waals surface area contributed by atoms with Crippen molar-refractivity contribution in [3.63, 3.8) is 0 Å². The number of nitrogen functional groups attached to an aromatic ring is 1. The molecule has 1 aromatic rings. The molecule has 0 radical (unpaired) electrons. The third-order valence-electron chi connectivity index (χ3n) is 2.24. The molecule has 1 amide bonds. The van der Waals surface area contributed by atoms with Gasteiger partial charge in [-0.25, -0.2) is 8.78 Å². The Bertz CT molecular complexity index is 423. The van der Waals surface area contributed by atoms with Gasteiger partial charge >= 0.3 is 0 Å². The zero-order valence-electron chi connectivity index (χ0n) is 9.76. The Kier molecular flexibility index (Phi) is 4.25. The monoisotopic (exact) mass is 243 g/mol. The lowest BCUT2D eigenvalue weighted by Gasteiger charge is -2.21. The second-order valence-electron chi connectivity index (χ2n) is 3.61. The average Bonchev–Trinajstić information content (AvgIpc) is 2.24. The molecule has 94 valence electrons. The quantitative estimate of drug-likeness (QED) is 0.779. The van der Waals surface area contributed by atoms with Crippen LogP contribution >= 0.6 is 0 Å². The number of carbonyl (C=O) groups excluding carboxylic acids is 1. The van der Waals surface area contributed by atoms with Crippen LogP contribution in [0.1, 0.15) is 6.92 Å². The molecule has 0 saturated heterocycles. The third-order valence-corrected chi connectivity index (χ3v) is 2.24. The largest absolute Gasteiger partial charge is 0.397 e. The molecule has 1 aromatic carbocycles. The van der Waals surface area contributed by atoms with Crippen LogP contribution in [0.4, 0.5) is 20.2 Å². The number of nitrogens with one attached hydrogen (secondary N) is 1. The van der Waals surface area contributed by atoms with E-state index in [1.807, 2.05) is 0 Å². The van der Waals surface area contributed by atoms with E-state index in [0.717, 1.165) is 6.07 Å². The van der Waals surface area contributed by atoms with Crippen LogP contribution < -0.4 is 16.0 Å². The highest BCUT2D eigenvalue weighted by Crippen LogP contribution is 2.27. The lowest BCUT2D eigenvalue weighted by Crippen LogP contribution is -2.35. The van der Waals surface area contributed by atoms with Crippen molar-refractivity contribution in [2.45, 2.75) is 6.92 Å². The summed E-state index contributed by atoms with van der Waals surface area (Å²) in [5.74, 6) is -2.31. The van der Waals surface area contributed by atoms with Gasteiger partial charge in [-0.2, -0.15) is 0 Å². The minimum Gasteiger partial charge on any atom is -0.397 e. The zero-order valence-corrected chi connectivity index (χ0v) is 9.76. The summed E-state index contributed by atoms with van der Waals surface area (Å²) in [6.07, 6.45) is 0. The Morgan fingerprint density at radius 2 is 2.12 bits per heavy atom. The number of nitrogens with zero attached hydrogens (tertiary/aromatic N) is 1. The number of halogens is 2. The van der Waals surface area contributed by atoms with Gasteiger partial charge in [0.05, 0.1) is 17.9 Å². The van der Waals surface area contributed by atoms with Crippen molar-refractivity contribution < 1.29 is 13.6 Å². The molecule has 0 fully saturated rings. The summed E-state index contributed by atoms with van der Waals surface area (Å²) >= 11 is 0. The van der Waals surface area contributed by atoms with Crippen molar-refractivity contribution in [2.75, 3.05) is 30.8 Å². The molecule has 17 heavy (non-hydrogen) atoms. The van der Waals surface area contributed by atoms with E-state index in [0.29, 0.717) is 6.54 Å². The maximum absolute atomic E-state index is 13.5. The van der Waals surface area contributed by atoms with Gasteiger partial charge in [0.15, 0.2) is 11.6 Å². The predicted octanol–water partition coefficient (Wildman–Crippen LogP) is 1.12. The van der Waals surface area contributed by atoms with E-state index < -0.39 is 11.6 Å². The second-order valence-corrected chi connectivity index (χ2v) is 3.61. The molecule has 0 saturated carbocycles. The lowest BCUT2D eigenvalue weighted by atomic mass is 10.2. The van der Waals surface area contributed by atoms with Crippen molar-refractivity contribution >= 4 is 17.3 Å². The van der Waals surface area contributed by atoms with Crippen LogP contribution in [-0.2, 0) is 4.79 Å². The van der Waals surface area contributed by atoms with E-state index in [1.54, 1.807) is 6.92 Å². The summed E-state index contributed by atoms with van der Waals surface area (Å²) < 4.78 is 26.6. The molecular weight excluding hydrogens is 228 g/mol. The van der Waals surface area contributed by atoms with Crippen molar-refractivity contribution in [3.05, 3.63) is 23.8 Å². The molecule has 0 aliphatic heterocycles. The predicted molar refractivity (Wildman–Crippen MR) is 62.7 cm³/mol. The Hall–Kier alpha value is -1.85. The standard InChI is InChI=1S/C11H15F2N3O/c1-3-15-9(17)6-16(2)11-8(14)5-4-7(12)10(11)13/h4-5H,3,6,14H2,1-2H3,(H,15,17). The number of rotatable bonds is 4. The molecule has 0 heterocycles. The van der Waals surface area contributed by atoms with E-state index in [2.05, 4.69) is 5.32 Å². The van der Waals surface area contributed by atoms with Gasteiger partial charge in [-0.05, 0) is 19.1 Å². The average molecular weight is 243 g/mol. The Balaban J connectivity index is 2.92. The van der Waals surface area contributed by atoms with Crippen molar-refractivity contribution in [1.82, 2.24) is 5.32 Å². The van der Waals surface area contributed by atoms with E-state index in [4.69, 9.17) is 5.73 Å². The first-order valence-corrected chi connectivity index (χ1v) is 5.18. The van der Waals surface area contributed by atoms with E-state index in [1.165, 1.54) is 18.0 Å². The Morgan fingerprint density at radius 3 is 2.71 bits per heavy atom. The van der Waals surface area contributed by atoms with Crippen LogP contribution in [0, 0.1) is 11.6 Å².